The van der Waals surface area contributed by atoms with Gasteiger partial charge in [0.25, 0.3) is 11.9 Å². The van der Waals surface area contributed by atoms with Crippen LogP contribution in [0.3, 0.4) is 0 Å². The van der Waals surface area contributed by atoms with E-state index in [1.165, 1.54) is 10.7 Å². The van der Waals surface area contributed by atoms with Crippen molar-refractivity contribution in [2.45, 2.75) is 19.9 Å². The van der Waals surface area contributed by atoms with Gasteiger partial charge >= 0.3 is 0 Å². The highest BCUT2D eigenvalue weighted by Gasteiger charge is 2.29. The second kappa shape index (κ2) is 8.76. The number of aromatic nitrogens is 3. The lowest BCUT2D eigenvalue weighted by Gasteiger charge is -2.25. The van der Waals surface area contributed by atoms with Crippen molar-refractivity contribution in [2.24, 2.45) is 0 Å². The first-order valence-corrected chi connectivity index (χ1v) is 11.1. The molecule has 1 aliphatic rings. The van der Waals surface area contributed by atoms with E-state index in [1.54, 1.807) is 24.3 Å². The maximum absolute atomic E-state index is 14.9. The molecule has 170 valence electrons. The van der Waals surface area contributed by atoms with E-state index in [0.29, 0.717) is 11.5 Å². The summed E-state index contributed by atoms with van der Waals surface area (Å²) in [5.74, 6) is -0.327. The second-order valence-corrected chi connectivity index (χ2v) is 8.58. The monoisotopic (exact) mass is 473 g/mol. The third-order valence-corrected chi connectivity index (χ3v) is 5.99. The Bertz CT molecular complexity index is 1390. The molecule has 1 amide bonds. The molecular weight excluding hydrogens is 453 g/mol. The first-order valence-electron chi connectivity index (χ1n) is 10.7. The number of hydrogen-bond acceptors (Lipinski definition) is 4. The highest BCUT2D eigenvalue weighted by molar-refractivity contribution is 6.31. The van der Waals surface area contributed by atoms with Gasteiger partial charge in [-0.05, 0) is 49.8 Å². The maximum atomic E-state index is 14.9. The highest BCUT2D eigenvalue weighted by atomic mass is 35.5. The van der Waals surface area contributed by atoms with E-state index in [2.05, 4.69) is 20.7 Å². The van der Waals surface area contributed by atoms with Crippen molar-refractivity contribution < 1.29 is 9.18 Å². The van der Waals surface area contributed by atoms with Crippen molar-refractivity contribution in [1.82, 2.24) is 14.8 Å². The minimum absolute atomic E-state index is 0.101. The second-order valence-electron chi connectivity index (χ2n) is 8.18. The largest absolute Gasteiger partial charge is 0.324 e. The Morgan fingerprint density at radius 3 is 2.38 bits per heavy atom. The molecule has 4 aromatic rings. The summed E-state index contributed by atoms with van der Waals surface area (Å²) >= 11 is 6.41. The fourth-order valence-corrected chi connectivity index (χ4v) is 4.10. The van der Waals surface area contributed by atoms with E-state index in [4.69, 9.17) is 11.6 Å². The van der Waals surface area contributed by atoms with Crippen LogP contribution >= 0.6 is 11.6 Å². The third kappa shape index (κ3) is 4.18. The van der Waals surface area contributed by atoms with Gasteiger partial charge in [0.15, 0.2) is 0 Å². The molecule has 8 heteroatoms. The molecule has 0 radical (unpaired) electrons. The van der Waals surface area contributed by atoms with Crippen molar-refractivity contribution in [1.29, 1.82) is 0 Å². The van der Waals surface area contributed by atoms with Crippen LogP contribution in [0.5, 0.6) is 0 Å². The molecule has 6 nitrogen and oxygen atoms in total. The number of benzene rings is 3. The number of carbonyl (C=O) groups is 1. The van der Waals surface area contributed by atoms with Crippen molar-refractivity contribution in [2.75, 3.05) is 10.6 Å². The number of nitrogens with zero attached hydrogens (tertiary/aromatic N) is 3. The fourth-order valence-electron chi connectivity index (χ4n) is 3.83. The number of rotatable bonds is 4. The quantitative estimate of drug-likeness (QED) is 0.381. The summed E-state index contributed by atoms with van der Waals surface area (Å²) < 4.78 is 16.4. The van der Waals surface area contributed by atoms with Crippen molar-refractivity contribution in [3.63, 3.8) is 0 Å². The van der Waals surface area contributed by atoms with E-state index < -0.39 is 11.9 Å². The Balaban J connectivity index is 1.55. The Morgan fingerprint density at radius 2 is 1.71 bits per heavy atom. The topological polar surface area (TPSA) is 71.8 Å². The van der Waals surface area contributed by atoms with Crippen molar-refractivity contribution >= 4 is 35.1 Å². The Morgan fingerprint density at radius 1 is 1.03 bits per heavy atom. The first-order chi connectivity index (χ1) is 16.4. The first kappa shape index (κ1) is 21.9. The summed E-state index contributed by atoms with van der Waals surface area (Å²) in [7, 11) is 0. The zero-order valence-electron chi connectivity index (χ0n) is 18.5. The highest BCUT2D eigenvalue weighted by Crippen LogP contribution is 2.37. The molecular formula is C26H21ClFN5O. The number of fused-ring (bicyclic) bond motifs is 1. The molecule has 3 aromatic carbocycles. The summed E-state index contributed by atoms with van der Waals surface area (Å²) in [5, 5.41) is 10.7. The number of anilines is 2. The number of nitrogens with one attached hydrogen (secondary N) is 2. The Hall–Kier alpha value is -3.97. The standard InChI is InChI=1S/C26H21ClFN5O/c1-15-6-10-17(11-7-15)21-14-22(23-19(27)4-3-5-20(23)28)33-26(29-21)31-25(32-33)30-24(34)18-12-8-16(2)9-13-18/h3-14,22H,1-2H3,(H2,29,30,31,32,34)/t22-/m1/s1. The minimum atomic E-state index is -0.668. The Labute approximate surface area is 201 Å². The van der Waals surface area contributed by atoms with Crippen LogP contribution in [0.1, 0.15) is 38.7 Å². The van der Waals surface area contributed by atoms with Crippen LogP contribution in [-0.4, -0.2) is 20.7 Å². The molecule has 0 aliphatic carbocycles. The molecule has 0 saturated heterocycles. The van der Waals surface area contributed by atoms with Gasteiger partial charge in [0.05, 0.1) is 0 Å². The van der Waals surface area contributed by atoms with Crippen LogP contribution in [-0.2, 0) is 0 Å². The molecule has 1 atom stereocenters. The van der Waals surface area contributed by atoms with Gasteiger partial charge in [0, 0.05) is 21.8 Å². The van der Waals surface area contributed by atoms with Gasteiger partial charge in [-0.2, -0.15) is 4.98 Å². The van der Waals surface area contributed by atoms with E-state index in [0.717, 1.165) is 22.4 Å². The lowest BCUT2D eigenvalue weighted by Crippen LogP contribution is -2.21. The molecule has 34 heavy (non-hydrogen) atoms. The van der Waals surface area contributed by atoms with Gasteiger partial charge in [0.2, 0.25) is 5.95 Å². The Kier molecular flexibility index (Phi) is 5.63. The molecule has 1 aliphatic heterocycles. The van der Waals surface area contributed by atoms with Crippen LogP contribution in [0.15, 0.2) is 72.8 Å². The molecule has 2 heterocycles. The number of allylic oxidation sites excluding steroid dienone is 1. The van der Waals surface area contributed by atoms with Crippen LogP contribution in [0.4, 0.5) is 16.3 Å². The summed E-state index contributed by atoms with van der Waals surface area (Å²) in [6, 6.07) is 19.0. The average Bonchev–Trinajstić information content (AvgIpc) is 3.22. The normalized spacial score (nSPS) is 14.7. The molecule has 0 spiro atoms. The van der Waals surface area contributed by atoms with Gasteiger partial charge in [0.1, 0.15) is 11.9 Å². The number of aryl methyl sites for hydroxylation is 2. The number of carbonyl (C=O) groups excluding carboxylic acids is 1. The van der Waals surface area contributed by atoms with Gasteiger partial charge in [-0.15, -0.1) is 5.10 Å². The summed E-state index contributed by atoms with van der Waals surface area (Å²) in [6.07, 6.45) is 1.85. The zero-order valence-corrected chi connectivity index (χ0v) is 19.3. The molecule has 1 aromatic heterocycles. The minimum Gasteiger partial charge on any atom is -0.324 e. The smallest absolute Gasteiger partial charge is 0.258 e. The number of amides is 1. The average molecular weight is 474 g/mol. The number of halogens is 2. The van der Waals surface area contributed by atoms with Crippen LogP contribution in [0, 0.1) is 19.7 Å². The molecule has 0 unspecified atom stereocenters. The summed E-state index contributed by atoms with van der Waals surface area (Å²) in [5.41, 5.74) is 4.58. The molecule has 2 N–H and O–H groups in total. The van der Waals surface area contributed by atoms with Gasteiger partial charge in [-0.25, -0.2) is 9.07 Å². The van der Waals surface area contributed by atoms with E-state index in [1.807, 2.05) is 56.3 Å². The van der Waals surface area contributed by atoms with E-state index in [9.17, 15) is 9.18 Å². The predicted octanol–water partition coefficient (Wildman–Crippen LogP) is 6.00. The van der Waals surface area contributed by atoms with Crippen molar-refractivity contribution in [3.05, 3.63) is 111 Å². The van der Waals surface area contributed by atoms with Crippen LogP contribution in [0.2, 0.25) is 5.02 Å². The lowest BCUT2D eigenvalue weighted by atomic mass is 10.0. The van der Waals surface area contributed by atoms with E-state index >= 15 is 0 Å². The van der Waals surface area contributed by atoms with E-state index in [-0.39, 0.29) is 22.4 Å². The SMILES string of the molecule is Cc1ccc(C(=O)Nc2nc3n(n2)[C@@H](c2c(F)cccc2Cl)C=C(c2ccc(C)cc2)N3)cc1. The van der Waals surface area contributed by atoms with Gasteiger partial charge in [-0.3, -0.25) is 10.1 Å². The number of hydrogen-bond donors (Lipinski definition) is 2. The molecule has 0 saturated carbocycles. The zero-order chi connectivity index (χ0) is 23.8. The summed E-state index contributed by atoms with van der Waals surface area (Å²) in [4.78, 5) is 17.2. The molecule has 0 bridgehead atoms. The molecule has 5 rings (SSSR count). The van der Waals surface area contributed by atoms with Crippen LogP contribution < -0.4 is 10.6 Å². The third-order valence-electron chi connectivity index (χ3n) is 5.66. The predicted molar refractivity (Wildman–Crippen MR) is 131 cm³/mol. The van der Waals surface area contributed by atoms with Gasteiger partial charge in [-0.1, -0.05) is 65.2 Å². The van der Waals surface area contributed by atoms with Gasteiger partial charge < -0.3 is 5.32 Å². The fraction of sp³-hybridized carbons (Fsp3) is 0.115. The maximum Gasteiger partial charge on any atom is 0.258 e. The van der Waals surface area contributed by atoms with Crippen molar-refractivity contribution in [3.8, 4) is 0 Å². The summed E-state index contributed by atoms with van der Waals surface area (Å²) in [6.45, 7) is 3.96. The lowest BCUT2D eigenvalue weighted by molar-refractivity contribution is 0.102. The van der Waals surface area contributed by atoms with Crippen LogP contribution in [0.25, 0.3) is 5.70 Å². The molecule has 0 fully saturated rings.